The smallest absolute Gasteiger partial charge is 0.317 e. The molecule has 1 aliphatic heterocycles. The summed E-state index contributed by atoms with van der Waals surface area (Å²) < 4.78 is 0. The first-order valence-electron chi connectivity index (χ1n) is 8.98. The minimum absolute atomic E-state index is 0.00522. The van der Waals surface area contributed by atoms with Gasteiger partial charge in [-0.1, -0.05) is 25.1 Å². The van der Waals surface area contributed by atoms with Crippen LogP contribution in [0.25, 0.3) is 0 Å². The maximum atomic E-state index is 12.5. The number of carbonyl (C=O) groups excluding carboxylic acids is 1. The van der Waals surface area contributed by atoms with Crippen LogP contribution in [-0.4, -0.2) is 65.0 Å². The molecular weight excluding hydrogens is 318 g/mol. The predicted molar refractivity (Wildman–Crippen MR) is 98.7 cm³/mol. The topological polar surface area (TPSA) is 72.9 Å². The number of amides is 1. The van der Waals surface area contributed by atoms with Crippen molar-refractivity contribution in [3.8, 4) is 0 Å². The molecule has 25 heavy (non-hydrogen) atoms. The summed E-state index contributed by atoms with van der Waals surface area (Å²) in [7, 11) is 0. The van der Waals surface area contributed by atoms with Crippen molar-refractivity contribution in [2.24, 2.45) is 0 Å². The lowest BCUT2D eigenvalue weighted by molar-refractivity contribution is -0.139. The van der Waals surface area contributed by atoms with Gasteiger partial charge in [0.25, 0.3) is 0 Å². The van der Waals surface area contributed by atoms with E-state index in [1.807, 2.05) is 49.9 Å². The molecule has 6 nitrogen and oxygen atoms in total. The predicted octanol–water partition coefficient (Wildman–Crippen LogP) is 2.19. The van der Waals surface area contributed by atoms with Crippen molar-refractivity contribution in [3.63, 3.8) is 0 Å². The molecule has 1 aliphatic rings. The van der Waals surface area contributed by atoms with Gasteiger partial charge in [0, 0.05) is 24.8 Å². The third-order valence-corrected chi connectivity index (χ3v) is 5.09. The molecule has 1 aromatic rings. The van der Waals surface area contributed by atoms with E-state index in [0.717, 1.165) is 43.7 Å². The Morgan fingerprint density at radius 1 is 1.32 bits per heavy atom. The van der Waals surface area contributed by atoms with Crippen molar-refractivity contribution in [1.82, 2.24) is 9.80 Å². The molecule has 0 spiro atoms. The van der Waals surface area contributed by atoms with E-state index in [1.54, 1.807) is 0 Å². The minimum atomic E-state index is -0.782. The van der Waals surface area contributed by atoms with Gasteiger partial charge in [0.2, 0.25) is 5.91 Å². The molecule has 1 unspecified atom stereocenters. The summed E-state index contributed by atoms with van der Waals surface area (Å²) in [5, 5.41) is 12.0. The van der Waals surface area contributed by atoms with Crippen molar-refractivity contribution >= 4 is 17.6 Å². The molecule has 0 saturated carbocycles. The minimum Gasteiger partial charge on any atom is -0.480 e. The van der Waals surface area contributed by atoms with Gasteiger partial charge in [-0.15, -0.1) is 0 Å². The number of aliphatic carboxylic acids is 1. The van der Waals surface area contributed by atoms with Crippen LogP contribution in [0.2, 0.25) is 0 Å². The number of aryl methyl sites for hydroxylation is 1. The lowest BCUT2D eigenvalue weighted by atomic mass is 10.0. The lowest BCUT2D eigenvalue weighted by Crippen LogP contribution is -2.51. The molecule has 138 valence electrons. The number of hydrogen-bond acceptors (Lipinski definition) is 4. The SMILES string of the molecule is CCN(CC(=O)O)C1CCN(C(C)C(=O)Nc2ccccc2C)CC1. The Kier molecular flexibility index (Phi) is 6.96. The van der Waals surface area contributed by atoms with Gasteiger partial charge < -0.3 is 10.4 Å². The third-order valence-electron chi connectivity index (χ3n) is 5.09. The van der Waals surface area contributed by atoms with Crippen LogP contribution in [0.4, 0.5) is 5.69 Å². The molecule has 1 atom stereocenters. The van der Waals surface area contributed by atoms with Crippen molar-refractivity contribution in [2.75, 3.05) is 31.5 Å². The number of carboxylic acid groups (broad SMARTS) is 1. The normalized spacial score (nSPS) is 17.4. The molecule has 1 saturated heterocycles. The van der Waals surface area contributed by atoms with Crippen LogP contribution in [0, 0.1) is 6.92 Å². The number of para-hydroxylation sites is 1. The molecule has 0 aromatic heterocycles. The fraction of sp³-hybridized carbons (Fsp3) is 0.579. The Morgan fingerprint density at radius 3 is 2.52 bits per heavy atom. The van der Waals surface area contributed by atoms with Crippen LogP contribution in [0.15, 0.2) is 24.3 Å². The van der Waals surface area contributed by atoms with E-state index >= 15 is 0 Å². The Hall–Kier alpha value is -1.92. The summed E-state index contributed by atoms with van der Waals surface area (Å²) in [5.74, 6) is -0.777. The van der Waals surface area contributed by atoms with Gasteiger partial charge >= 0.3 is 5.97 Å². The summed E-state index contributed by atoms with van der Waals surface area (Å²) in [6, 6.07) is 7.85. The number of likely N-dealkylation sites (N-methyl/N-ethyl adjacent to an activating group) is 1. The van der Waals surface area contributed by atoms with Crippen molar-refractivity contribution in [1.29, 1.82) is 0 Å². The molecule has 1 amide bonds. The second kappa shape index (κ2) is 8.97. The summed E-state index contributed by atoms with van der Waals surface area (Å²) in [6.07, 6.45) is 1.78. The number of carbonyl (C=O) groups is 2. The zero-order valence-electron chi connectivity index (χ0n) is 15.4. The number of nitrogens with one attached hydrogen (secondary N) is 1. The second-order valence-electron chi connectivity index (χ2n) is 6.70. The van der Waals surface area contributed by atoms with Gasteiger partial charge in [0.15, 0.2) is 0 Å². The molecule has 0 bridgehead atoms. The summed E-state index contributed by atoms with van der Waals surface area (Å²) >= 11 is 0. The lowest BCUT2D eigenvalue weighted by Gasteiger charge is -2.39. The first kappa shape index (κ1) is 19.4. The highest BCUT2D eigenvalue weighted by Crippen LogP contribution is 2.20. The highest BCUT2D eigenvalue weighted by molar-refractivity contribution is 5.95. The van der Waals surface area contributed by atoms with Crippen molar-refractivity contribution < 1.29 is 14.7 Å². The summed E-state index contributed by atoms with van der Waals surface area (Å²) in [5.41, 5.74) is 1.90. The molecule has 1 aromatic carbocycles. The van der Waals surface area contributed by atoms with Gasteiger partial charge in [0.05, 0.1) is 12.6 Å². The number of rotatable bonds is 7. The van der Waals surface area contributed by atoms with Gasteiger partial charge in [0.1, 0.15) is 0 Å². The van der Waals surface area contributed by atoms with Gasteiger partial charge in [-0.25, -0.2) is 0 Å². The summed E-state index contributed by atoms with van der Waals surface area (Å²) in [4.78, 5) is 27.7. The fourth-order valence-electron chi connectivity index (χ4n) is 3.43. The molecule has 1 heterocycles. The van der Waals surface area contributed by atoms with E-state index < -0.39 is 5.97 Å². The molecule has 0 aliphatic carbocycles. The van der Waals surface area contributed by atoms with E-state index in [-0.39, 0.29) is 24.5 Å². The monoisotopic (exact) mass is 347 g/mol. The van der Waals surface area contributed by atoms with Crippen LogP contribution in [0.3, 0.4) is 0 Å². The van der Waals surface area contributed by atoms with Gasteiger partial charge in [-0.3, -0.25) is 19.4 Å². The van der Waals surface area contributed by atoms with Gasteiger partial charge in [-0.2, -0.15) is 0 Å². The third kappa shape index (κ3) is 5.28. The highest BCUT2D eigenvalue weighted by atomic mass is 16.4. The average molecular weight is 347 g/mol. The zero-order valence-corrected chi connectivity index (χ0v) is 15.4. The summed E-state index contributed by atoms with van der Waals surface area (Å²) in [6.45, 7) is 8.35. The molecule has 2 N–H and O–H groups in total. The molecule has 1 fully saturated rings. The van der Waals surface area contributed by atoms with Crippen LogP contribution < -0.4 is 5.32 Å². The van der Waals surface area contributed by atoms with E-state index in [1.165, 1.54) is 0 Å². The number of benzene rings is 1. The molecular formula is C19H29N3O3. The number of carboxylic acids is 1. The molecule has 6 heteroatoms. The van der Waals surface area contributed by atoms with Crippen LogP contribution >= 0.6 is 0 Å². The van der Waals surface area contributed by atoms with Crippen LogP contribution in [0.5, 0.6) is 0 Å². The van der Waals surface area contributed by atoms with Crippen molar-refractivity contribution in [2.45, 2.75) is 45.7 Å². The number of piperidine rings is 1. The van der Waals surface area contributed by atoms with Gasteiger partial charge in [-0.05, 0) is 44.9 Å². The first-order chi connectivity index (χ1) is 11.9. The fourth-order valence-corrected chi connectivity index (χ4v) is 3.43. The quantitative estimate of drug-likeness (QED) is 0.791. The largest absolute Gasteiger partial charge is 0.480 e. The Morgan fingerprint density at radius 2 is 1.96 bits per heavy atom. The zero-order chi connectivity index (χ0) is 18.4. The van der Waals surface area contributed by atoms with Crippen LogP contribution in [-0.2, 0) is 9.59 Å². The number of nitrogens with zero attached hydrogens (tertiary/aromatic N) is 2. The van der Waals surface area contributed by atoms with E-state index in [9.17, 15) is 9.59 Å². The van der Waals surface area contributed by atoms with E-state index in [0.29, 0.717) is 0 Å². The molecule has 0 radical (unpaired) electrons. The van der Waals surface area contributed by atoms with Crippen molar-refractivity contribution in [3.05, 3.63) is 29.8 Å². The highest BCUT2D eigenvalue weighted by Gasteiger charge is 2.29. The van der Waals surface area contributed by atoms with Crippen LogP contribution in [0.1, 0.15) is 32.3 Å². The Labute approximate surface area is 149 Å². The Balaban J connectivity index is 1.88. The Bertz CT molecular complexity index is 597. The van der Waals surface area contributed by atoms with E-state index in [4.69, 9.17) is 5.11 Å². The number of hydrogen-bond donors (Lipinski definition) is 2. The number of likely N-dealkylation sites (tertiary alicyclic amines) is 1. The number of anilines is 1. The average Bonchev–Trinajstić information content (AvgIpc) is 2.61. The van der Waals surface area contributed by atoms with E-state index in [2.05, 4.69) is 10.2 Å². The maximum absolute atomic E-state index is 12.5. The maximum Gasteiger partial charge on any atom is 0.317 e. The second-order valence-corrected chi connectivity index (χ2v) is 6.70. The molecule has 2 rings (SSSR count). The first-order valence-corrected chi connectivity index (χ1v) is 8.98. The standard InChI is InChI=1S/C19H29N3O3/c1-4-21(13-18(23)24)16-9-11-22(12-10-16)15(3)19(25)20-17-8-6-5-7-14(17)2/h5-8,15-16H,4,9-13H2,1-3H3,(H,20,25)(H,23,24).